The number of nitrogens with zero attached hydrogens (tertiary/aromatic N) is 3. The van der Waals surface area contributed by atoms with Crippen molar-refractivity contribution >= 4 is 11.6 Å². The summed E-state index contributed by atoms with van der Waals surface area (Å²) >= 11 is 0. The lowest BCUT2D eigenvalue weighted by Gasteiger charge is -2.19. The fraction of sp³-hybridized carbons (Fsp3) is 0.250. The molecule has 0 aliphatic carbocycles. The molecule has 0 N–H and O–H groups in total. The fourth-order valence-corrected chi connectivity index (χ4v) is 3.22. The molecule has 1 fully saturated rings. The van der Waals surface area contributed by atoms with Crippen molar-refractivity contribution < 1.29 is 14.1 Å². The van der Waals surface area contributed by atoms with E-state index in [2.05, 4.69) is 10.1 Å². The molecule has 0 radical (unpaired) electrons. The molecule has 1 atom stereocenters. The topological polar surface area (TPSA) is 68.5 Å². The normalized spacial score (nSPS) is 16.9. The third-order valence-electron chi connectivity index (χ3n) is 4.66. The van der Waals surface area contributed by atoms with Gasteiger partial charge in [-0.15, -0.1) is 0 Å². The second-order valence-electron chi connectivity index (χ2n) is 6.38. The first-order valence-electron chi connectivity index (χ1n) is 8.49. The zero-order chi connectivity index (χ0) is 18.1. The first-order chi connectivity index (χ1) is 12.7. The Morgan fingerprint density at radius 3 is 2.77 bits per heavy atom. The minimum Gasteiger partial charge on any atom is -0.497 e. The molecule has 1 unspecified atom stereocenters. The van der Waals surface area contributed by atoms with Crippen LogP contribution in [0, 0.1) is 6.92 Å². The van der Waals surface area contributed by atoms with E-state index < -0.39 is 0 Å². The van der Waals surface area contributed by atoms with Gasteiger partial charge >= 0.3 is 0 Å². The number of aromatic nitrogens is 2. The number of amides is 1. The van der Waals surface area contributed by atoms with Crippen LogP contribution >= 0.6 is 0 Å². The van der Waals surface area contributed by atoms with Gasteiger partial charge < -0.3 is 14.2 Å². The van der Waals surface area contributed by atoms with Crippen LogP contribution in [0.3, 0.4) is 0 Å². The molecule has 1 aromatic heterocycles. The van der Waals surface area contributed by atoms with Crippen LogP contribution in [0.15, 0.2) is 53.1 Å². The highest BCUT2D eigenvalue weighted by Gasteiger charge is 2.35. The quantitative estimate of drug-likeness (QED) is 0.720. The lowest BCUT2D eigenvalue weighted by atomic mass is 10.1. The molecule has 2 aromatic carbocycles. The summed E-state index contributed by atoms with van der Waals surface area (Å²) in [4.78, 5) is 18.9. The lowest BCUT2D eigenvalue weighted by Crippen LogP contribution is -2.25. The minimum atomic E-state index is -0.0886. The van der Waals surface area contributed by atoms with Gasteiger partial charge in [0.15, 0.2) is 5.82 Å². The van der Waals surface area contributed by atoms with E-state index in [9.17, 15) is 4.79 Å². The summed E-state index contributed by atoms with van der Waals surface area (Å²) in [5.74, 6) is 1.74. The number of anilines is 1. The van der Waals surface area contributed by atoms with E-state index in [0.717, 1.165) is 22.6 Å². The summed E-state index contributed by atoms with van der Waals surface area (Å²) in [6.45, 7) is 2.51. The van der Waals surface area contributed by atoms with Gasteiger partial charge in [0.05, 0.1) is 12.8 Å². The second-order valence-corrected chi connectivity index (χ2v) is 6.38. The lowest BCUT2D eigenvalue weighted by molar-refractivity contribution is -0.117. The third-order valence-corrected chi connectivity index (χ3v) is 4.66. The Bertz CT molecular complexity index is 936. The maximum atomic E-state index is 12.6. The van der Waals surface area contributed by atoms with E-state index >= 15 is 0 Å². The van der Waals surface area contributed by atoms with E-state index in [1.54, 1.807) is 12.0 Å². The Hall–Kier alpha value is -3.15. The van der Waals surface area contributed by atoms with Gasteiger partial charge in [0, 0.05) is 30.5 Å². The average molecular weight is 349 g/mol. The molecular weight excluding hydrogens is 330 g/mol. The smallest absolute Gasteiger partial charge is 0.257 e. The summed E-state index contributed by atoms with van der Waals surface area (Å²) in [6, 6.07) is 15.4. The molecule has 3 aromatic rings. The minimum absolute atomic E-state index is 0.0532. The number of hydrogen-bond acceptors (Lipinski definition) is 5. The fourth-order valence-electron chi connectivity index (χ4n) is 3.22. The van der Waals surface area contributed by atoms with E-state index in [4.69, 9.17) is 9.26 Å². The Kier molecular flexibility index (Phi) is 4.16. The highest BCUT2D eigenvalue weighted by Crippen LogP contribution is 2.34. The van der Waals surface area contributed by atoms with Gasteiger partial charge in [0.1, 0.15) is 5.75 Å². The number of hydrogen-bond donors (Lipinski definition) is 0. The number of ether oxygens (including phenoxy) is 1. The number of methoxy groups -OCH3 is 1. The van der Waals surface area contributed by atoms with Crippen molar-refractivity contribution in [3.63, 3.8) is 0 Å². The SMILES string of the molecule is COc1ccc(C)c(N2CC(c3noc(-c4ccccc4)n3)CC2=O)c1. The zero-order valence-electron chi connectivity index (χ0n) is 14.7. The van der Waals surface area contributed by atoms with Gasteiger partial charge in [0.2, 0.25) is 5.91 Å². The molecule has 132 valence electrons. The predicted molar refractivity (Wildman–Crippen MR) is 97.2 cm³/mol. The van der Waals surface area contributed by atoms with Crippen LogP contribution in [0.4, 0.5) is 5.69 Å². The van der Waals surface area contributed by atoms with Crippen LogP contribution in [0.5, 0.6) is 5.75 Å². The van der Waals surface area contributed by atoms with Crippen molar-refractivity contribution in [1.29, 1.82) is 0 Å². The highest BCUT2D eigenvalue weighted by atomic mass is 16.5. The van der Waals surface area contributed by atoms with Crippen LogP contribution in [-0.2, 0) is 4.79 Å². The Labute approximate surface area is 151 Å². The molecule has 26 heavy (non-hydrogen) atoms. The molecular formula is C20H19N3O3. The standard InChI is InChI=1S/C20H19N3O3/c1-13-8-9-16(25-2)11-17(13)23-12-15(10-18(23)24)19-21-20(26-22-19)14-6-4-3-5-7-14/h3-9,11,15H,10,12H2,1-2H3. The molecule has 1 aliphatic rings. The van der Waals surface area contributed by atoms with Crippen molar-refractivity contribution in [2.45, 2.75) is 19.3 Å². The van der Waals surface area contributed by atoms with Crippen molar-refractivity contribution in [1.82, 2.24) is 10.1 Å². The second kappa shape index (κ2) is 6.63. The molecule has 1 aliphatic heterocycles. The number of aryl methyl sites for hydroxylation is 1. The van der Waals surface area contributed by atoms with E-state index in [-0.39, 0.29) is 11.8 Å². The Balaban J connectivity index is 1.58. The van der Waals surface area contributed by atoms with Crippen molar-refractivity contribution in [3.05, 3.63) is 59.9 Å². The largest absolute Gasteiger partial charge is 0.497 e. The first kappa shape index (κ1) is 16.3. The van der Waals surface area contributed by atoms with E-state index in [1.165, 1.54) is 0 Å². The molecule has 6 heteroatoms. The van der Waals surface area contributed by atoms with Crippen LogP contribution in [0.2, 0.25) is 0 Å². The monoisotopic (exact) mass is 349 g/mol. The summed E-state index contributed by atoms with van der Waals surface area (Å²) < 4.78 is 10.7. The van der Waals surface area contributed by atoms with Gasteiger partial charge in [0.25, 0.3) is 5.89 Å². The van der Waals surface area contributed by atoms with Crippen molar-refractivity contribution in [2.75, 3.05) is 18.6 Å². The van der Waals surface area contributed by atoms with Gasteiger partial charge in [-0.1, -0.05) is 29.4 Å². The zero-order valence-corrected chi connectivity index (χ0v) is 14.7. The third kappa shape index (κ3) is 2.94. The Morgan fingerprint density at radius 2 is 2.00 bits per heavy atom. The molecule has 1 amide bonds. The van der Waals surface area contributed by atoms with Crippen LogP contribution in [0.1, 0.15) is 23.7 Å². The number of carbonyl (C=O) groups is 1. The molecule has 1 saturated heterocycles. The van der Waals surface area contributed by atoms with Crippen molar-refractivity contribution in [3.8, 4) is 17.2 Å². The van der Waals surface area contributed by atoms with E-state index in [0.29, 0.717) is 24.7 Å². The van der Waals surface area contributed by atoms with Gasteiger partial charge in [-0.2, -0.15) is 4.98 Å². The highest BCUT2D eigenvalue weighted by molar-refractivity contribution is 5.97. The molecule has 0 saturated carbocycles. The number of rotatable bonds is 4. The van der Waals surface area contributed by atoms with Gasteiger partial charge in [-0.25, -0.2) is 0 Å². The van der Waals surface area contributed by atoms with Crippen molar-refractivity contribution in [2.24, 2.45) is 0 Å². The maximum absolute atomic E-state index is 12.6. The molecule has 6 nitrogen and oxygen atoms in total. The van der Waals surface area contributed by atoms with Crippen LogP contribution < -0.4 is 9.64 Å². The predicted octanol–water partition coefficient (Wildman–Crippen LogP) is 3.57. The summed E-state index contributed by atoms with van der Waals surface area (Å²) in [7, 11) is 1.62. The summed E-state index contributed by atoms with van der Waals surface area (Å²) in [5.41, 5.74) is 2.76. The van der Waals surface area contributed by atoms with Gasteiger partial charge in [-0.05, 0) is 30.7 Å². The van der Waals surface area contributed by atoms with Crippen LogP contribution in [0.25, 0.3) is 11.5 Å². The van der Waals surface area contributed by atoms with Crippen LogP contribution in [-0.4, -0.2) is 29.7 Å². The summed E-state index contributed by atoms with van der Waals surface area (Å²) in [5, 5.41) is 4.10. The molecule has 2 heterocycles. The molecule has 4 rings (SSSR count). The number of carbonyl (C=O) groups excluding carboxylic acids is 1. The molecule has 0 bridgehead atoms. The maximum Gasteiger partial charge on any atom is 0.257 e. The summed E-state index contributed by atoms with van der Waals surface area (Å²) in [6.07, 6.45) is 0.365. The average Bonchev–Trinajstić information content (AvgIpc) is 3.30. The van der Waals surface area contributed by atoms with E-state index in [1.807, 2.05) is 55.5 Å². The Morgan fingerprint density at radius 1 is 1.19 bits per heavy atom. The molecule has 0 spiro atoms. The number of benzene rings is 2. The first-order valence-corrected chi connectivity index (χ1v) is 8.49. The van der Waals surface area contributed by atoms with Gasteiger partial charge in [-0.3, -0.25) is 4.79 Å².